The van der Waals surface area contributed by atoms with E-state index < -0.39 is 41.5 Å². The number of carbonyl (C=O) groups is 5. The third-order valence-electron chi connectivity index (χ3n) is 9.66. The number of unbranched alkanes of at least 4 members (excludes halogenated alkanes) is 2. The van der Waals surface area contributed by atoms with Gasteiger partial charge in [-0.3, -0.25) is 24.0 Å². The molecule has 300 valence electrons. The Labute approximate surface area is 333 Å². The summed E-state index contributed by atoms with van der Waals surface area (Å²) in [4.78, 5) is 70.9. The monoisotopic (exact) mass is 797 g/mol. The molecule has 1 aromatic heterocycles. The standard InChI is InChI=1S/C40H55N7O6S.ClH/c1-24(27-14-16-28(17-15-27)35-25(2)43-23-54-35)44-38(52)32-21-30(48)22-47(32)39(53)36(40(3,4)5)46-34(50)13-8-6-7-10-26-11-9-12-29(20-26)45-37(51)31(41)18-19-33(42)49;/h9,11-12,14-17,20,23-24,30-32,36,48H,6-8,10,13,18-19,21-22,41H2,1-5H3,(H2,42,49)(H,44,52)(H,45,51)(H,46,50);1H/t24-,30+,31-,32-,36+;/m0./s1. The highest BCUT2D eigenvalue weighted by Gasteiger charge is 2.44. The molecule has 2 aromatic carbocycles. The SMILES string of the molecule is Cc1ncsc1-c1ccc([C@H](C)NC(=O)[C@@H]2C[C@@H](O)CN2C(=O)[C@@H](NC(=O)CCCCCc2cccc(NC(=O)[C@@H](N)CCC(N)=O)c2)C(C)(C)C)cc1.Cl. The fraction of sp³-hybridized carbons (Fsp3) is 0.500. The van der Waals surface area contributed by atoms with Gasteiger partial charge in [-0.05, 0) is 73.8 Å². The number of aromatic nitrogens is 1. The quantitative estimate of drug-likeness (QED) is 0.107. The molecule has 1 saturated heterocycles. The highest BCUT2D eigenvalue weighted by Crippen LogP contribution is 2.30. The Morgan fingerprint density at radius 3 is 2.36 bits per heavy atom. The average molecular weight is 798 g/mol. The normalized spacial score (nSPS) is 17.0. The lowest BCUT2D eigenvalue weighted by atomic mass is 9.85. The van der Waals surface area contributed by atoms with Gasteiger partial charge in [-0.15, -0.1) is 23.7 Å². The minimum atomic E-state index is -0.896. The molecule has 0 radical (unpaired) electrons. The van der Waals surface area contributed by atoms with E-state index >= 15 is 0 Å². The van der Waals surface area contributed by atoms with Gasteiger partial charge in [0.15, 0.2) is 0 Å². The number of nitrogens with one attached hydrogen (secondary N) is 3. The minimum absolute atomic E-state index is 0. The second-order valence-corrected chi connectivity index (χ2v) is 16.1. The molecule has 13 nitrogen and oxygen atoms in total. The molecule has 0 unspecified atom stereocenters. The smallest absolute Gasteiger partial charge is 0.246 e. The molecule has 15 heteroatoms. The van der Waals surface area contributed by atoms with Crippen molar-refractivity contribution in [2.45, 2.75) is 116 Å². The van der Waals surface area contributed by atoms with E-state index in [1.54, 1.807) is 17.4 Å². The van der Waals surface area contributed by atoms with Crippen molar-refractivity contribution in [3.63, 3.8) is 0 Å². The minimum Gasteiger partial charge on any atom is -0.391 e. The molecule has 0 saturated carbocycles. The molecule has 1 aliphatic rings. The zero-order chi connectivity index (χ0) is 39.6. The first-order chi connectivity index (χ1) is 25.5. The summed E-state index contributed by atoms with van der Waals surface area (Å²) < 4.78 is 0. The van der Waals surface area contributed by atoms with Gasteiger partial charge in [0.2, 0.25) is 29.5 Å². The lowest BCUT2D eigenvalue weighted by Gasteiger charge is -2.35. The molecule has 1 aliphatic heterocycles. The van der Waals surface area contributed by atoms with E-state index in [4.69, 9.17) is 11.5 Å². The van der Waals surface area contributed by atoms with Crippen LogP contribution in [0, 0.1) is 12.3 Å². The van der Waals surface area contributed by atoms with Crippen LogP contribution in [-0.4, -0.2) is 75.3 Å². The van der Waals surface area contributed by atoms with Gasteiger partial charge < -0.3 is 37.4 Å². The highest BCUT2D eigenvalue weighted by molar-refractivity contribution is 7.13. The number of benzene rings is 2. The Kier molecular flexibility index (Phi) is 16.8. The van der Waals surface area contributed by atoms with Gasteiger partial charge in [-0.25, -0.2) is 4.98 Å². The van der Waals surface area contributed by atoms with Crippen molar-refractivity contribution in [2.75, 3.05) is 11.9 Å². The Hall–Kier alpha value is -4.37. The summed E-state index contributed by atoms with van der Waals surface area (Å²) in [6.45, 7) is 9.44. The van der Waals surface area contributed by atoms with Gasteiger partial charge in [0.25, 0.3) is 0 Å². The third-order valence-corrected chi connectivity index (χ3v) is 10.6. The first-order valence-electron chi connectivity index (χ1n) is 18.6. The topological polar surface area (TPSA) is 210 Å². The van der Waals surface area contributed by atoms with E-state index in [2.05, 4.69) is 20.9 Å². The van der Waals surface area contributed by atoms with Gasteiger partial charge in [0, 0.05) is 31.5 Å². The van der Waals surface area contributed by atoms with Gasteiger partial charge in [-0.2, -0.15) is 0 Å². The Morgan fingerprint density at radius 1 is 1.02 bits per heavy atom. The van der Waals surface area contributed by atoms with Crippen molar-refractivity contribution < 1.29 is 29.1 Å². The molecular formula is C40H56ClN7O6S. The summed E-state index contributed by atoms with van der Waals surface area (Å²) >= 11 is 1.57. The van der Waals surface area contributed by atoms with Crippen LogP contribution < -0.4 is 27.4 Å². The number of likely N-dealkylation sites (tertiary alicyclic amines) is 1. The summed E-state index contributed by atoms with van der Waals surface area (Å²) in [7, 11) is 0. The Bertz CT molecular complexity index is 1780. The van der Waals surface area contributed by atoms with Crippen LogP contribution in [0.5, 0.6) is 0 Å². The Morgan fingerprint density at radius 2 is 1.73 bits per heavy atom. The maximum absolute atomic E-state index is 14.0. The second-order valence-electron chi connectivity index (χ2n) is 15.2. The van der Waals surface area contributed by atoms with E-state index in [1.807, 2.05) is 82.6 Å². The molecule has 5 atom stereocenters. The molecule has 1 fully saturated rings. The fourth-order valence-corrected chi connectivity index (χ4v) is 7.32. The number of primary amides is 1. The number of halogens is 1. The van der Waals surface area contributed by atoms with Crippen LogP contribution in [0.25, 0.3) is 10.4 Å². The third kappa shape index (κ3) is 13.1. The van der Waals surface area contributed by atoms with Crippen molar-refractivity contribution in [1.82, 2.24) is 20.5 Å². The number of rotatable bonds is 17. The lowest BCUT2D eigenvalue weighted by molar-refractivity contribution is -0.144. The van der Waals surface area contributed by atoms with E-state index in [1.165, 1.54) is 4.90 Å². The number of aliphatic hydroxyl groups excluding tert-OH is 1. The van der Waals surface area contributed by atoms with Crippen molar-refractivity contribution in [3.8, 4) is 10.4 Å². The average Bonchev–Trinajstić information content (AvgIpc) is 3.73. The molecule has 8 N–H and O–H groups in total. The van der Waals surface area contributed by atoms with Crippen LogP contribution in [-0.2, 0) is 30.4 Å². The first kappa shape index (κ1) is 45.0. The number of anilines is 1. The largest absolute Gasteiger partial charge is 0.391 e. The second kappa shape index (κ2) is 20.5. The van der Waals surface area contributed by atoms with Gasteiger partial charge in [-0.1, -0.05) is 63.6 Å². The van der Waals surface area contributed by atoms with Crippen molar-refractivity contribution in [3.05, 3.63) is 70.9 Å². The van der Waals surface area contributed by atoms with Gasteiger partial charge in [0.05, 0.1) is 34.3 Å². The maximum atomic E-state index is 14.0. The number of nitrogens with two attached hydrogens (primary N) is 2. The van der Waals surface area contributed by atoms with Crippen molar-refractivity contribution in [1.29, 1.82) is 0 Å². The van der Waals surface area contributed by atoms with E-state index in [-0.39, 0.29) is 68.4 Å². The number of amides is 5. The van der Waals surface area contributed by atoms with Gasteiger partial charge >= 0.3 is 0 Å². The van der Waals surface area contributed by atoms with E-state index in [0.717, 1.165) is 46.5 Å². The zero-order valence-electron chi connectivity index (χ0n) is 32.3. The number of nitrogens with zero attached hydrogens (tertiary/aromatic N) is 2. The molecule has 4 rings (SSSR count). The maximum Gasteiger partial charge on any atom is 0.246 e. The van der Waals surface area contributed by atoms with Gasteiger partial charge in [0.1, 0.15) is 12.1 Å². The van der Waals surface area contributed by atoms with Crippen LogP contribution in [0.4, 0.5) is 5.69 Å². The number of hydrogen-bond acceptors (Lipinski definition) is 9. The zero-order valence-corrected chi connectivity index (χ0v) is 33.9. The molecule has 3 aromatic rings. The number of aliphatic hydroxyl groups is 1. The van der Waals surface area contributed by atoms with Crippen LogP contribution in [0.15, 0.2) is 54.0 Å². The molecule has 5 amide bonds. The van der Waals surface area contributed by atoms with Crippen molar-refractivity contribution in [2.24, 2.45) is 16.9 Å². The summed E-state index contributed by atoms with van der Waals surface area (Å²) in [5, 5.41) is 19.3. The number of hydrogen-bond donors (Lipinski definition) is 6. The van der Waals surface area contributed by atoms with Crippen LogP contribution >= 0.6 is 23.7 Å². The molecule has 2 heterocycles. The molecule has 55 heavy (non-hydrogen) atoms. The predicted octanol–water partition coefficient (Wildman–Crippen LogP) is 4.54. The Balaban J connectivity index is 0.00000812. The van der Waals surface area contributed by atoms with Crippen molar-refractivity contribution >= 4 is 59.0 Å². The number of thiazole rings is 1. The summed E-state index contributed by atoms with van der Waals surface area (Å²) in [6, 6.07) is 12.4. The van der Waals surface area contributed by atoms with E-state index in [9.17, 15) is 29.1 Å². The molecule has 0 aliphatic carbocycles. The fourth-order valence-electron chi connectivity index (χ4n) is 6.51. The van der Waals surface area contributed by atoms with Crippen LogP contribution in [0.1, 0.15) is 95.5 Å². The molecule has 0 spiro atoms. The first-order valence-corrected chi connectivity index (χ1v) is 19.4. The van der Waals surface area contributed by atoms with Crippen LogP contribution in [0.2, 0.25) is 0 Å². The number of aryl methyl sites for hydroxylation is 2. The number of carbonyl (C=O) groups excluding carboxylic acids is 5. The summed E-state index contributed by atoms with van der Waals surface area (Å²) in [6.07, 6.45) is 2.60. The molecule has 0 bridgehead atoms. The summed E-state index contributed by atoms with van der Waals surface area (Å²) in [5.74, 6) is -1.91. The predicted molar refractivity (Wildman–Crippen MR) is 217 cm³/mol. The number of β-amino-alcohol motifs (C(OH)–C–C–N with tert-alkyl or cyclic N) is 1. The van der Waals surface area contributed by atoms with E-state index in [0.29, 0.717) is 12.1 Å². The highest BCUT2D eigenvalue weighted by atomic mass is 35.5. The summed E-state index contributed by atoms with van der Waals surface area (Å²) in [5.41, 5.74) is 16.7. The molecular weight excluding hydrogens is 742 g/mol. The lowest BCUT2D eigenvalue weighted by Crippen LogP contribution is -2.57. The van der Waals surface area contributed by atoms with Crippen LogP contribution in [0.3, 0.4) is 0 Å².